The number of aryl methyl sites for hydroxylation is 2. The Kier molecular flexibility index (Phi) is 4.97. The largest absolute Gasteiger partial charge is 0.358 e. The summed E-state index contributed by atoms with van der Waals surface area (Å²) in [5, 5.41) is 0. The molecule has 1 aliphatic carbocycles. The predicted molar refractivity (Wildman–Crippen MR) is 96.5 cm³/mol. The molecule has 0 radical (unpaired) electrons. The van der Waals surface area contributed by atoms with Gasteiger partial charge in [-0.25, -0.2) is 4.99 Å². The van der Waals surface area contributed by atoms with E-state index in [-0.39, 0.29) is 17.5 Å². The summed E-state index contributed by atoms with van der Waals surface area (Å²) in [7, 11) is 0. The van der Waals surface area contributed by atoms with Crippen molar-refractivity contribution >= 4 is 23.0 Å². The van der Waals surface area contributed by atoms with Crippen molar-refractivity contribution in [1.29, 1.82) is 0 Å². The Morgan fingerprint density at radius 1 is 1.08 bits per heavy atom. The van der Waals surface area contributed by atoms with Crippen LogP contribution >= 0.6 is 0 Å². The number of carbonyl (C=O) groups excluding carboxylic acids is 2. The van der Waals surface area contributed by atoms with Gasteiger partial charge in [0.05, 0.1) is 24.7 Å². The summed E-state index contributed by atoms with van der Waals surface area (Å²) in [5.74, 6) is -0.719. The molecular formula is C20H27N3O2+2. The van der Waals surface area contributed by atoms with Crippen LogP contribution in [0.15, 0.2) is 28.8 Å². The number of hydrogen-bond donors (Lipinski definition) is 2. The number of rotatable bonds is 4. The molecule has 0 aromatic heterocycles. The van der Waals surface area contributed by atoms with Gasteiger partial charge in [0.1, 0.15) is 5.71 Å². The maximum absolute atomic E-state index is 13.0. The number of aliphatic imine (C=N–C) groups is 1. The molecule has 1 aromatic rings. The second-order valence-electron chi connectivity index (χ2n) is 7.13. The lowest BCUT2D eigenvalue weighted by atomic mass is 9.77. The van der Waals surface area contributed by atoms with Gasteiger partial charge in [0, 0.05) is 12.8 Å². The first-order chi connectivity index (χ1) is 12.0. The molecule has 0 amide bonds. The molecule has 1 heterocycles. The molecule has 0 saturated carbocycles. The molecule has 3 rings (SSSR count). The van der Waals surface area contributed by atoms with Crippen LogP contribution in [-0.4, -0.2) is 30.4 Å². The highest BCUT2D eigenvalue weighted by Gasteiger charge is 2.39. The first kappa shape index (κ1) is 17.7. The highest BCUT2D eigenvalue weighted by atomic mass is 16.2. The van der Waals surface area contributed by atoms with E-state index in [2.05, 4.69) is 37.4 Å². The minimum atomic E-state index is -0.617. The number of benzene rings is 1. The molecule has 132 valence electrons. The zero-order chi connectivity index (χ0) is 18.1. The molecule has 2 unspecified atom stereocenters. The maximum atomic E-state index is 13.0. The Hall–Kier alpha value is -2.11. The van der Waals surface area contributed by atoms with E-state index in [0.717, 1.165) is 41.8 Å². The zero-order valence-corrected chi connectivity index (χ0v) is 15.1. The van der Waals surface area contributed by atoms with Gasteiger partial charge < -0.3 is 11.5 Å². The molecule has 6 N–H and O–H groups in total. The number of carbonyl (C=O) groups is 2. The van der Waals surface area contributed by atoms with Crippen molar-refractivity contribution < 1.29 is 21.1 Å². The first-order valence-corrected chi connectivity index (χ1v) is 9.03. The van der Waals surface area contributed by atoms with Crippen molar-refractivity contribution in [3.8, 4) is 0 Å². The summed E-state index contributed by atoms with van der Waals surface area (Å²) in [4.78, 5) is 30.2. The predicted octanol–water partition coefficient (Wildman–Crippen LogP) is 0.507. The van der Waals surface area contributed by atoms with Gasteiger partial charge >= 0.3 is 0 Å². The molecule has 2 aliphatic rings. The van der Waals surface area contributed by atoms with E-state index in [4.69, 9.17) is 4.99 Å². The van der Waals surface area contributed by atoms with Crippen LogP contribution in [0.4, 0.5) is 5.69 Å². The van der Waals surface area contributed by atoms with E-state index < -0.39 is 5.92 Å². The monoisotopic (exact) mass is 341 g/mol. The lowest BCUT2D eigenvalue weighted by Crippen LogP contribution is -2.53. The van der Waals surface area contributed by atoms with Gasteiger partial charge in [-0.05, 0) is 60.6 Å². The van der Waals surface area contributed by atoms with Crippen LogP contribution in [0.2, 0.25) is 0 Å². The van der Waals surface area contributed by atoms with Crippen LogP contribution in [0.3, 0.4) is 0 Å². The van der Waals surface area contributed by atoms with Crippen LogP contribution in [-0.2, 0) is 16.0 Å². The van der Waals surface area contributed by atoms with E-state index >= 15 is 0 Å². The second-order valence-corrected chi connectivity index (χ2v) is 7.13. The number of ketones is 2. The molecular weight excluding hydrogens is 314 g/mol. The summed E-state index contributed by atoms with van der Waals surface area (Å²) >= 11 is 0. The number of allylic oxidation sites excluding steroid dienone is 2. The van der Waals surface area contributed by atoms with E-state index in [1.54, 1.807) is 6.08 Å². The molecule has 2 atom stereocenters. The molecule has 1 aliphatic heterocycles. The lowest BCUT2D eigenvalue weighted by molar-refractivity contribution is -0.369. The average Bonchev–Trinajstić information content (AvgIpc) is 2.70. The highest BCUT2D eigenvalue weighted by molar-refractivity contribution is 6.52. The Morgan fingerprint density at radius 2 is 1.76 bits per heavy atom. The summed E-state index contributed by atoms with van der Waals surface area (Å²) in [5.41, 5.74) is 13.5. The quantitative estimate of drug-likeness (QED) is 0.779. The third kappa shape index (κ3) is 3.22. The zero-order valence-electron chi connectivity index (χ0n) is 15.1. The van der Waals surface area contributed by atoms with Gasteiger partial charge in [0.25, 0.3) is 0 Å². The number of nitrogens with zero attached hydrogens (tertiary/aromatic N) is 1. The van der Waals surface area contributed by atoms with Crippen LogP contribution in [0.1, 0.15) is 29.5 Å². The van der Waals surface area contributed by atoms with E-state index in [0.29, 0.717) is 18.7 Å². The molecule has 0 fully saturated rings. The number of quaternary nitrogens is 2. The normalized spacial score (nSPS) is 22.7. The van der Waals surface area contributed by atoms with Crippen molar-refractivity contribution in [2.24, 2.45) is 16.8 Å². The molecule has 0 spiro atoms. The second kappa shape index (κ2) is 7.02. The molecule has 25 heavy (non-hydrogen) atoms. The molecule has 5 nitrogen and oxygen atoms in total. The van der Waals surface area contributed by atoms with Crippen LogP contribution in [0.5, 0.6) is 0 Å². The lowest BCUT2D eigenvalue weighted by Gasteiger charge is -2.24. The summed E-state index contributed by atoms with van der Waals surface area (Å²) in [6, 6.07) is 4.23. The fourth-order valence-corrected chi connectivity index (χ4v) is 3.80. The summed E-state index contributed by atoms with van der Waals surface area (Å²) in [6.45, 7) is 5.48. The molecule has 0 bridgehead atoms. The summed E-state index contributed by atoms with van der Waals surface area (Å²) < 4.78 is 0. The van der Waals surface area contributed by atoms with Crippen LogP contribution in [0, 0.1) is 25.7 Å². The SMILES string of the molecule is Cc1cc2c(cc1C)N=C1C(=O)C(CC[NH3+])C(=O)C=C1C(CC[NH3+])C2. The fraction of sp³-hybridized carbons (Fsp3) is 0.450. The van der Waals surface area contributed by atoms with Gasteiger partial charge in [-0.3, -0.25) is 9.59 Å². The molecule has 0 saturated heterocycles. The number of fused-ring (bicyclic) bond motifs is 2. The topological polar surface area (TPSA) is 102 Å². The number of hydrogen-bond acceptors (Lipinski definition) is 3. The Balaban J connectivity index is 2.17. The maximum Gasteiger partial charge on any atom is 0.192 e. The van der Waals surface area contributed by atoms with Gasteiger partial charge in [-0.2, -0.15) is 0 Å². The smallest absolute Gasteiger partial charge is 0.192 e. The molecule has 5 heteroatoms. The average molecular weight is 341 g/mol. The van der Waals surface area contributed by atoms with Crippen molar-refractivity contribution in [3.05, 3.63) is 40.5 Å². The van der Waals surface area contributed by atoms with Crippen LogP contribution < -0.4 is 11.5 Å². The van der Waals surface area contributed by atoms with Crippen molar-refractivity contribution in [3.63, 3.8) is 0 Å². The standard InChI is InChI=1S/C20H25N3O2/c1-11-7-14-9-13(3-5-21)16-10-18(24)15(4-6-22)20(25)19(16)23-17(14)8-12(11)2/h7-8,10,13,15H,3-6,9,21-22H2,1-2H3/p+2. The van der Waals surface area contributed by atoms with E-state index in [1.165, 1.54) is 5.56 Å². The van der Waals surface area contributed by atoms with Gasteiger partial charge in [-0.15, -0.1) is 0 Å². The van der Waals surface area contributed by atoms with Gasteiger partial charge in [0.2, 0.25) is 0 Å². The van der Waals surface area contributed by atoms with E-state index in [9.17, 15) is 9.59 Å². The summed E-state index contributed by atoms with van der Waals surface area (Å²) in [6.07, 6.45) is 3.80. The van der Waals surface area contributed by atoms with Crippen molar-refractivity contribution in [1.82, 2.24) is 0 Å². The Labute approximate surface area is 148 Å². The van der Waals surface area contributed by atoms with Crippen molar-refractivity contribution in [2.75, 3.05) is 13.1 Å². The minimum Gasteiger partial charge on any atom is -0.358 e. The van der Waals surface area contributed by atoms with Crippen molar-refractivity contribution in [2.45, 2.75) is 33.1 Å². The minimum absolute atomic E-state index is 0.0880. The fourth-order valence-electron chi connectivity index (χ4n) is 3.80. The van der Waals surface area contributed by atoms with Gasteiger partial charge in [-0.1, -0.05) is 6.07 Å². The van der Waals surface area contributed by atoms with Crippen LogP contribution in [0.25, 0.3) is 0 Å². The Morgan fingerprint density at radius 3 is 2.44 bits per heavy atom. The van der Waals surface area contributed by atoms with E-state index in [1.807, 2.05) is 0 Å². The Bertz CT molecular complexity index is 792. The molecule has 1 aromatic carbocycles. The highest BCUT2D eigenvalue weighted by Crippen LogP contribution is 2.36. The number of Topliss-reactive ketones (excluding diaryl/α,β-unsaturated/α-hetero) is 1. The third-order valence-corrected chi connectivity index (χ3v) is 5.34. The first-order valence-electron chi connectivity index (χ1n) is 9.03. The van der Waals surface area contributed by atoms with Gasteiger partial charge in [0.15, 0.2) is 11.6 Å². The third-order valence-electron chi connectivity index (χ3n) is 5.34.